The van der Waals surface area contributed by atoms with E-state index in [4.69, 9.17) is 5.11 Å². The number of aromatic nitrogens is 1. The number of carbonyl (C=O) groups is 1. The minimum atomic E-state index is -0.920. The van der Waals surface area contributed by atoms with Gasteiger partial charge in [0.25, 0.3) is 0 Å². The second kappa shape index (κ2) is 5.17. The van der Waals surface area contributed by atoms with Crippen molar-refractivity contribution in [3.63, 3.8) is 0 Å². The van der Waals surface area contributed by atoms with Crippen LogP contribution >= 0.6 is 0 Å². The Balaban J connectivity index is 2.14. The van der Waals surface area contributed by atoms with Gasteiger partial charge in [0.2, 0.25) is 0 Å². The Labute approximate surface area is 101 Å². The van der Waals surface area contributed by atoms with Crippen LogP contribution in [0.25, 0.3) is 0 Å². The van der Waals surface area contributed by atoms with Gasteiger partial charge in [-0.2, -0.15) is 0 Å². The Kier molecular flexibility index (Phi) is 3.61. The van der Waals surface area contributed by atoms with Crippen LogP contribution in [-0.4, -0.2) is 29.1 Å². The van der Waals surface area contributed by atoms with E-state index in [1.165, 1.54) is 38.3 Å². The van der Waals surface area contributed by atoms with E-state index in [0.717, 1.165) is 5.69 Å². The summed E-state index contributed by atoms with van der Waals surface area (Å²) in [5.41, 5.74) is 1.15. The molecule has 0 unspecified atom stereocenters. The minimum Gasteiger partial charge on any atom is -0.478 e. The van der Waals surface area contributed by atoms with Crippen molar-refractivity contribution in [1.29, 1.82) is 0 Å². The van der Waals surface area contributed by atoms with Gasteiger partial charge in [-0.1, -0.05) is 19.3 Å². The highest BCUT2D eigenvalue weighted by molar-refractivity contribution is 5.88. The number of rotatable bonds is 3. The zero-order valence-electron chi connectivity index (χ0n) is 10.1. The summed E-state index contributed by atoms with van der Waals surface area (Å²) in [7, 11) is 2.03. The molecule has 0 amide bonds. The van der Waals surface area contributed by atoms with Gasteiger partial charge < -0.3 is 10.0 Å². The third kappa shape index (κ3) is 2.75. The monoisotopic (exact) mass is 234 g/mol. The average Bonchev–Trinajstić information content (AvgIpc) is 2.39. The minimum absolute atomic E-state index is 0.255. The fourth-order valence-corrected chi connectivity index (χ4v) is 2.42. The molecule has 1 saturated carbocycles. The van der Waals surface area contributed by atoms with Gasteiger partial charge in [0, 0.05) is 19.3 Å². The fourth-order valence-electron chi connectivity index (χ4n) is 2.42. The molecule has 0 spiro atoms. The fraction of sp³-hybridized carbons (Fsp3) is 0.538. The van der Waals surface area contributed by atoms with Crippen LogP contribution in [-0.2, 0) is 0 Å². The van der Waals surface area contributed by atoms with Crippen LogP contribution in [0.1, 0.15) is 42.5 Å². The maximum atomic E-state index is 10.9. The molecule has 0 radical (unpaired) electrons. The lowest BCUT2D eigenvalue weighted by Crippen LogP contribution is -2.33. The molecule has 0 bridgehead atoms. The molecule has 0 saturated heterocycles. The number of aromatic carboxylic acids is 1. The van der Waals surface area contributed by atoms with Crippen LogP contribution in [0.2, 0.25) is 0 Å². The standard InChI is InChI=1S/C13H18N2O2/c1-15(11-5-3-2-4-6-11)12-7-10(13(16)17)8-14-9-12/h7-9,11H,2-6H2,1H3,(H,16,17). The Morgan fingerprint density at radius 3 is 2.71 bits per heavy atom. The van der Waals surface area contributed by atoms with E-state index in [-0.39, 0.29) is 5.56 Å². The molecule has 92 valence electrons. The zero-order valence-corrected chi connectivity index (χ0v) is 10.1. The summed E-state index contributed by atoms with van der Waals surface area (Å²) in [6.07, 6.45) is 9.35. The Hall–Kier alpha value is -1.58. The lowest BCUT2D eigenvalue weighted by Gasteiger charge is -2.32. The van der Waals surface area contributed by atoms with E-state index >= 15 is 0 Å². The predicted molar refractivity (Wildman–Crippen MR) is 66.5 cm³/mol. The van der Waals surface area contributed by atoms with Gasteiger partial charge >= 0.3 is 5.97 Å². The summed E-state index contributed by atoms with van der Waals surface area (Å²) >= 11 is 0. The second-order valence-corrected chi connectivity index (χ2v) is 4.64. The van der Waals surface area contributed by atoms with Crippen molar-refractivity contribution in [1.82, 2.24) is 4.98 Å². The Bertz CT molecular complexity index is 400. The van der Waals surface area contributed by atoms with E-state index in [1.807, 2.05) is 7.05 Å². The van der Waals surface area contributed by atoms with E-state index < -0.39 is 5.97 Å². The van der Waals surface area contributed by atoms with Crippen molar-refractivity contribution in [2.45, 2.75) is 38.1 Å². The molecule has 1 aromatic rings. The lowest BCUT2D eigenvalue weighted by molar-refractivity contribution is 0.0696. The second-order valence-electron chi connectivity index (χ2n) is 4.64. The smallest absolute Gasteiger partial charge is 0.337 e. The van der Waals surface area contributed by atoms with Crippen LogP contribution in [0, 0.1) is 0 Å². The van der Waals surface area contributed by atoms with Crippen molar-refractivity contribution in [3.8, 4) is 0 Å². The molecule has 4 heteroatoms. The SMILES string of the molecule is CN(c1cncc(C(=O)O)c1)C1CCCCC1. The number of anilines is 1. The van der Waals surface area contributed by atoms with Crippen LogP contribution in [0.15, 0.2) is 18.5 Å². The van der Waals surface area contributed by atoms with Crippen LogP contribution < -0.4 is 4.90 Å². The Morgan fingerprint density at radius 2 is 2.06 bits per heavy atom. The topological polar surface area (TPSA) is 53.4 Å². The molecule has 17 heavy (non-hydrogen) atoms. The predicted octanol–water partition coefficient (Wildman–Crippen LogP) is 2.55. The molecule has 1 heterocycles. The first-order valence-corrected chi connectivity index (χ1v) is 6.09. The number of nitrogens with zero attached hydrogens (tertiary/aromatic N) is 2. The summed E-state index contributed by atoms with van der Waals surface area (Å²) in [5.74, 6) is -0.920. The largest absolute Gasteiger partial charge is 0.478 e. The molecule has 0 aromatic carbocycles. The molecule has 2 rings (SSSR count). The normalized spacial score (nSPS) is 16.8. The molecular formula is C13H18N2O2. The molecule has 4 nitrogen and oxygen atoms in total. The summed E-state index contributed by atoms with van der Waals surface area (Å²) in [4.78, 5) is 17.1. The summed E-state index contributed by atoms with van der Waals surface area (Å²) in [6.45, 7) is 0. The van der Waals surface area contributed by atoms with Crippen molar-refractivity contribution in [2.24, 2.45) is 0 Å². The first kappa shape index (κ1) is 11.9. The van der Waals surface area contributed by atoms with Gasteiger partial charge in [-0.15, -0.1) is 0 Å². The first-order chi connectivity index (χ1) is 8.18. The van der Waals surface area contributed by atoms with Gasteiger partial charge in [0.1, 0.15) is 0 Å². The average molecular weight is 234 g/mol. The highest BCUT2D eigenvalue weighted by atomic mass is 16.4. The van der Waals surface area contributed by atoms with Gasteiger partial charge in [-0.05, 0) is 18.9 Å². The van der Waals surface area contributed by atoms with Crippen molar-refractivity contribution in [3.05, 3.63) is 24.0 Å². The molecule has 1 aliphatic rings. The van der Waals surface area contributed by atoms with Crippen molar-refractivity contribution in [2.75, 3.05) is 11.9 Å². The van der Waals surface area contributed by atoms with Crippen molar-refractivity contribution < 1.29 is 9.90 Å². The lowest BCUT2D eigenvalue weighted by atomic mass is 9.94. The number of pyridine rings is 1. The van der Waals surface area contributed by atoms with Crippen LogP contribution in [0.4, 0.5) is 5.69 Å². The van der Waals surface area contributed by atoms with E-state index in [0.29, 0.717) is 6.04 Å². The molecular weight excluding hydrogens is 216 g/mol. The van der Waals surface area contributed by atoms with Crippen molar-refractivity contribution >= 4 is 11.7 Å². The Morgan fingerprint density at radius 1 is 1.35 bits per heavy atom. The number of carboxylic acids is 1. The van der Waals surface area contributed by atoms with E-state index in [2.05, 4.69) is 9.88 Å². The highest BCUT2D eigenvalue weighted by Gasteiger charge is 2.19. The van der Waals surface area contributed by atoms with E-state index in [9.17, 15) is 4.79 Å². The maximum Gasteiger partial charge on any atom is 0.337 e. The van der Waals surface area contributed by atoms with Crippen LogP contribution in [0.5, 0.6) is 0 Å². The highest BCUT2D eigenvalue weighted by Crippen LogP contribution is 2.25. The molecule has 1 aromatic heterocycles. The summed E-state index contributed by atoms with van der Waals surface area (Å²) in [6, 6.07) is 2.22. The molecule has 1 N–H and O–H groups in total. The number of hydrogen-bond acceptors (Lipinski definition) is 3. The number of hydrogen-bond donors (Lipinski definition) is 1. The first-order valence-electron chi connectivity index (χ1n) is 6.09. The third-order valence-electron chi connectivity index (χ3n) is 3.50. The quantitative estimate of drug-likeness (QED) is 0.873. The third-order valence-corrected chi connectivity index (χ3v) is 3.50. The number of carboxylic acid groups (broad SMARTS) is 1. The van der Waals surface area contributed by atoms with Gasteiger partial charge in [0.05, 0.1) is 17.4 Å². The summed E-state index contributed by atoms with van der Waals surface area (Å²) in [5, 5.41) is 8.94. The molecule has 0 aliphatic heterocycles. The maximum absolute atomic E-state index is 10.9. The van der Waals surface area contributed by atoms with Gasteiger partial charge in [0.15, 0.2) is 0 Å². The van der Waals surface area contributed by atoms with Gasteiger partial charge in [-0.25, -0.2) is 4.79 Å². The van der Waals surface area contributed by atoms with Gasteiger partial charge in [-0.3, -0.25) is 4.98 Å². The van der Waals surface area contributed by atoms with Crippen LogP contribution in [0.3, 0.4) is 0 Å². The zero-order chi connectivity index (χ0) is 12.3. The molecule has 0 atom stereocenters. The molecule has 1 aliphatic carbocycles. The molecule has 1 fully saturated rings. The van der Waals surface area contributed by atoms with E-state index in [1.54, 1.807) is 12.3 Å². The summed E-state index contributed by atoms with van der Waals surface area (Å²) < 4.78 is 0.